The van der Waals surface area contributed by atoms with Gasteiger partial charge in [0.05, 0.1) is 0 Å². The van der Waals surface area contributed by atoms with Gasteiger partial charge >= 0.3 is 0 Å². The fourth-order valence-electron chi connectivity index (χ4n) is 5.33. The van der Waals surface area contributed by atoms with Gasteiger partial charge in [-0.3, -0.25) is 0 Å². The molecule has 1 aliphatic rings. The molecule has 0 bridgehead atoms. The lowest BCUT2D eigenvalue weighted by atomic mass is 9.35. The van der Waals surface area contributed by atoms with Gasteiger partial charge in [0.25, 0.3) is 0 Å². The lowest BCUT2D eigenvalue weighted by molar-refractivity contribution is -0.214. The predicted molar refractivity (Wildman–Crippen MR) is 87.3 cm³/mol. The normalized spacial score (nSPS) is 40.9. The van der Waals surface area contributed by atoms with Crippen LogP contribution in [0.4, 0.5) is 0 Å². The number of rotatable bonds is 5. The minimum Gasteiger partial charge on any atom is -0.0651 e. The van der Waals surface area contributed by atoms with Crippen molar-refractivity contribution < 1.29 is 0 Å². The molecule has 0 heterocycles. The Labute approximate surface area is 122 Å². The van der Waals surface area contributed by atoms with Crippen molar-refractivity contribution in [2.75, 3.05) is 0 Å². The highest BCUT2D eigenvalue weighted by Crippen LogP contribution is 2.71. The molecule has 0 heteroatoms. The van der Waals surface area contributed by atoms with Crippen molar-refractivity contribution in [1.29, 1.82) is 0 Å². The van der Waals surface area contributed by atoms with Crippen LogP contribution in [-0.2, 0) is 0 Å². The van der Waals surface area contributed by atoms with Gasteiger partial charge in [-0.1, -0.05) is 68.7 Å². The van der Waals surface area contributed by atoms with E-state index in [1.807, 2.05) is 0 Å². The van der Waals surface area contributed by atoms with Crippen LogP contribution in [0.25, 0.3) is 0 Å². The number of hydrogen-bond acceptors (Lipinski definition) is 0. The van der Waals surface area contributed by atoms with Crippen LogP contribution in [0.2, 0.25) is 0 Å². The van der Waals surface area contributed by atoms with Crippen molar-refractivity contribution in [3.63, 3.8) is 0 Å². The van der Waals surface area contributed by atoms with Gasteiger partial charge in [-0.25, -0.2) is 0 Å². The summed E-state index contributed by atoms with van der Waals surface area (Å²) in [4.78, 5) is 0. The van der Waals surface area contributed by atoms with Crippen LogP contribution < -0.4 is 0 Å². The topological polar surface area (TPSA) is 0 Å². The molecule has 0 amide bonds. The van der Waals surface area contributed by atoms with Crippen molar-refractivity contribution in [1.82, 2.24) is 0 Å². The van der Waals surface area contributed by atoms with Crippen LogP contribution in [0, 0.1) is 34.0 Å². The molecule has 0 saturated heterocycles. The first-order valence-electron chi connectivity index (χ1n) is 8.54. The van der Waals surface area contributed by atoms with Crippen molar-refractivity contribution in [3.05, 3.63) is 0 Å². The average molecular weight is 267 g/mol. The van der Waals surface area contributed by atoms with Gasteiger partial charge in [0.2, 0.25) is 0 Å². The molecule has 0 N–H and O–H groups in total. The van der Waals surface area contributed by atoms with E-state index in [1.54, 1.807) is 0 Å². The van der Waals surface area contributed by atoms with Gasteiger partial charge in [0, 0.05) is 0 Å². The molecule has 1 saturated carbocycles. The minimum atomic E-state index is 0.446. The summed E-state index contributed by atoms with van der Waals surface area (Å²) in [5.74, 6) is 2.63. The van der Waals surface area contributed by atoms with E-state index in [-0.39, 0.29) is 0 Å². The molecule has 114 valence electrons. The Hall–Kier alpha value is 0. The van der Waals surface area contributed by atoms with Gasteiger partial charge in [0.1, 0.15) is 0 Å². The Kier molecular flexibility index (Phi) is 4.86. The molecule has 0 radical (unpaired) electrons. The smallest absolute Gasteiger partial charge is 0.0210 e. The summed E-state index contributed by atoms with van der Waals surface area (Å²) in [6.07, 6.45) is 5.47. The van der Waals surface area contributed by atoms with E-state index in [0.717, 1.165) is 17.8 Å². The molecule has 1 fully saturated rings. The Morgan fingerprint density at radius 1 is 1.05 bits per heavy atom. The highest BCUT2D eigenvalue weighted by Gasteiger charge is 2.64. The summed E-state index contributed by atoms with van der Waals surface area (Å²) in [5, 5.41) is 0. The molecule has 0 aliphatic heterocycles. The van der Waals surface area contributed by atoms with Crippen LogP contribution in [0.3, 0.4) is 0 Å². The number of hydrogen-bond donors (Lipinski definition) is 0. The first-order valence-corrected chi connectivity index (χ1v) is 8.54. The van der Waals surface area contributed by atoms with Crippen LogP contribution in [-0.4, -0.2) is 0 Å². The van der Waals surface area contributed by atoms with Gasteiger partial charge in [-0.15, -0.1) is 0 Å². The second kappa shape index (κ2) is 5.41. The summed E-state index contributed by atoms with van der Waals surface area (Å²) in [5.41, 5.74) is 1.55. The third-order valence-electron chi connectivity index (χ3n) is 6.71. The zero-order chi connectivity index (χ0) is 15.1. The van der Waals surface area contributed by atoms with Crippen molar-refractivity contribution >= 4 is 0 Å². The fourth-order valence-corrected chi connectivity index (χ4v) is 5.33. The standard InChI is InChI=1S/C19H38/c1-10-14(3)12-18(9)15(4)16(5)19(18,11-2)13-17(6,7)8/h14-16H,10-13H2,1-9H3. The summed E-state index contributed by atoms with van der Waals surface area (Å²) < 4.78 is 0. The maximum Gasteiger partial charge on any atom is -0.0210 e. The molecule has 1 aliphatic carbocycles. The van der Waals surface area contributed by atoms with Crippen LogP contribution in [0.15, 0.2) is 0 Å². The SMILES string of the molecule is CCC(C)CC1(C)C(C)C(C)C1(CC)CC(C)(C)C. The second-order valence-corrected chi connectivity index (χ2v) is 8.96. The lowest BCUT2D eigenvalue weighted by Gasteiger charge is -2.70. The average Bonchev–Trinajstić information content (AvgIpc) is 2.32. The zero-order valence-corrected chi connectivity index (χ0v) is 15.1. The Balaban J connectivity index is 3.05. The van der Waals surface area contributed by atoms with Gasteiger partial charge in [-0.05, 0) is 53.3 Å². The molecule has 1 rings (SSSR count). The first-order chi connectivity index (χ1) is 8.54. The van der Waals surface area contributed by atoms with Gasteiger partial charge < -0.3 is 0 Å². The molecule has 0 spiro atoms. The monoisotopic (exact) mass is 266 g/mol. The van der Waals surface area contributed by atoms with Crippen molar-refractivity contribution in [3.8, 4) is 0 Å². The molecule has 0 aromatic carbocycles. The summed E-state index contributed by atoms with van der Waals surface area (Å²) in [6, 6.07) is 0. The second-order valence-electron chi connectivity index (χ2n) is 8.96. The van der Waals surface area contributed by atoms with Gasteiger partial charge in [0.15, 0.2) is 0 Å². The fraction of sp³-hybridized carbons (Fsp3) is 1.00. The van der Waals surface area contributed by atoms with Crippen LogP contribution >= 0.6 is 0 Å². The molecular formula is C19H38. The van der Waals surface area contributed by atoms with Crippen molar-refractivity contribution in [2.24, 2.45) is 34.0 Å². The minimum absolute atomic E-state index is 0.446. The lowest BCUT2D eigenvalue weighted by Crippen LogP contribution is -2.63. The Bertz CT molecular complexity index is 298. The summed E-state index contributed by atoms with van der Waals surface area (Å²) >= 11 is 0. The van der Waals surface area contributed by atoms with E-state index in [4.69, 9.17) is 0 Å². The maximum absolute atomic E-state index is 2.60. The van der Waals surface area contributed by atoms with E-state index in [1.165, 1.54) is 25.7 Å². The molecule has 19 heavy (non-hydrogen) atoms. The summed E-state index contributed by atoms with van der Waals surface area (Å²) in [7, 11) is 0. The largest absolute Gasteiger partial charge is 0.0651 e. The summed E-state index contributed by atoms with van der Waals surface area (Å²) in [6.45, 7) is 22.1. The molecule has 0 aromatic heterocycles. The van der Waals surface area contributed by atoms with Crippen LogP contribution in [0.5, 0.6) is 0 Å². The molecule has 0 nitrogen and oxygen atoms in total. The highest BCUT2D eigenvalue weighted by atomic mass is 14.7. The maximum atomic E-state index is 2.60. The van der Waals surface area contributed by atoms with E-state index < -0.39 is 0 Å². The Morgan fingerprint density at radius 2 is 1.58 bits per heavy atom. The van der Waals surface area contributed by atoms with Gasteiger partial charge in [-0.2, -0.15) is 0 Å². The van der Waals surface area contributed by atoms with E-state index in [0.29, 0.717) is 16.2 Å². The molecule has 5 atom stereocenters. The van der Waals surface area contributed by atoms with Crippen molar-refractivity contribution in [2.45, 2.75) is 88.0 Å². The quantitative estimate of drug-likeness (QED) is 0.529. The molecular weight excluding hydrogens is 228 g/mol. The first kappa shape index (κ1) is 17.1. The van der Waals surface area contributed by atoms with Crippen LogP contribution in [0.1, 0.15) is 88.0 Å². The Morgan fingerprint density at radius 3 is 1.95 bits per heavy atom. The van der Waals surface area contributed by atoms with E-state index in [9.17, 15) is 0 Å². The highest BCUT2D eigenvalue weighted by molar-refractivity contribution is 5.12. The molecule has 5 unspecified atom stereocenters. The molecule has 0 aromatic rings. The van der Waals surface area contributed by atoms with E-state index in [2.05, 4.69) is 62.3 Å². The predicted octanol–water partition coefficient (Wildman–Crippen LogP) is 6.55. The zero-order valence-electron chi connectivity index (χ0n) is 15.1. The van der Waals surface area contributed by atoms with E-state index >= 15 is 0 Å². The third-order valence-corrected chi connectivity index (χ3v) is 6.71. The third kappa shape index (κ3) is 2.74.